The number of carbonyl (C=O) groups excluding carboxylic acids is 1. The van der Waals surface area contributed by atoms with E-state index in [1.165, 1.54) is 6.42 Å². The summed E-state index contributed by atoms with van der Waals surface area (Å²) in [6.07, 6.45) is 3.25. The molecule has 1 heterocycles. The van der Waals surface area contributed by atoms with Gasteiger partial charge in [-0.1, -0.05) is 6.92 Å². The van der Waals surface area contributed by atoms with Crippen molar-refractivity contribution in [2.45, 2.75) is 39.2 Å². The molecule has 2 N–H and O–H groups in total. The van der Waals surface area contributed by atoms with Gasteiger partial charge in [-0.3, -0.25) is 4.79 Å². The number of carbonyl (C=O) groups is 1. The molecule has 0 aromatic carbocycles. The molecule has 0 aromatic heterocycles. The van der Waals surface area contributed by atoms with E-state index in [4.69, 9.17) is 4.74 Å². The van der Waals surface area contributed by atoms with Crippen molar-refractivity contribution in [3.05, 3.63) is 0 Å². The molecule has 16 heavy (non-hydrogen) atoms. The summed E-state index contributed by atoms with van der Waals surface area (Å²) in [6, 6.07) is 0.275. The maximum absolute atomic E-state index is 11.4. The average Bonchev–Trinajstić information content (AvgIpc) is 2.77. The van der Waals surface area contributed by atoms with Crippen LogP contribution < -0.4 is 10.6 Å². The van der Waals surface area contributed by atoms with Gasteiger partial charge in [0.2, 0.25) is 5.91 Å². The summed E-state index contributed by atoms with van der Waals surface area (Å²) >= 11 is 0. The van der Waals surface area contributed by atoms with E-state index in [9.17, 15) is 4.79 Å². The van der Waals surface area contributed by atoms with Crippen molar-refractivity contribution in [2.24, 2.45) is 5.92 Å². The molecule has 1 aliphatic rings. The van der Waals surface area contributed by atoms with Gasteiger partial charge < -0.3 is 15.4 Å². The molecule has 4 heteroatoms. The standard InChI is InChI=1S/C12H24N2O2/c1-3-10(2)14-12(15)8-13-6-4-11-5-7-16-9-11/h10-11,13H,3-9H2,1-2H3,(H,14,15). The van der Waals surface area contributed by atoms with E-state index in [2.05, 4.69) is 17.6 Å². The minimum absolute atomic E-state index is 0.0945. The predicted molar refractivity (Wildman–Crippen MR) is 64.3 cm³/mol. The Hall–Kier alpha value is -0.610. The van der Waals surface area contributed by atoms with Crippen LogP contribution in [0.1, 0.15) is 33.1 Å². The van der Waals surface area contributed by atoms with E-state index in [-0.39, 0.29) is 11.9 Å². The van der Waals surface area contributed by atoms with Crippen LogP contribution in [0.5, 0.6) is 0 Å². The fourth-order valence-corrected chi connectivity index (χ4v) is 1.75. The summed E-state index contributed by atoms with van der Waals surface area (Å²) < 4.78 is 5.30. The molecular weight excluding hydrogens is 204 g/mol. The molecule has 4 nitrogen and oxygen atoms in total. The summed E-state index contributed by atoms with van der Waals surface area (Å²) in [5.41, 5.74) is 0. The quantitative estimate of drug-likeness (QED) is 0.637. The largest absolute Gasteiger partial charge is 0.381 e. The van der Waals surface area contributed by atoms with Gasteiger partial charge >= 0.3 is 0 Å². The highest BCUT2D eigenvalue weighted by Crippen LogP contribution is 2.14. The van der Waals surface area contributed by atoms with E-state index >= 15 is 0 Å². The maximum Gasteiger partial charge on any atom is 0.234 e. The Morgan fingerprint density at radius 3 is 3.00 bits per heavy atom. The topological polar surface area (TPSA) is 50.4 Å². The molecule has 0 bridgehead atoms. The van der Waals surface area contributed by atoms with Crippen LogP contribution in [-0.2, 0) is 9.53 Å². The fourth-order valence-electron chi connectivity index (χ4n) is 1.75. The minimum atomic E-state index is 0.0945. The Kier molecular flexibility index (Phi) is 6.42. The lowest BCUT2D eigenvalue weighted by molar-refractivity contribution is -0.120. The number of nitrogens with one attached hydrogen (secondary N) is 2. The Balaban J connectivity index is 1.95. The lowest BCUT2D eigenvalue weighted by atomic mass is 10.1. The molecule has 0 saturated carbocycles. The summed E-state index contributed by atoms with van der Waals surface area (Å²) in [5, 5.41) is 6.11. The Labute approximate surface area is 98.1 Å². The second-order valence-corrected chi connectivity index (χ2v) is 4.57. The Morgan fingerprint density at radius 2 is 2.38 bits per heavy atom. The minimum Gasteiger partial charge on any atom is -0.381 e. The molecule has 1 rings (SSSR count). The van der Waals surface area contributed by atoms with E-state index in [0.717, 1.165) is 32.6 Å². The summed E-state index contributed by atoms with van der Waals surface area (Å²) in [4.78, 5) is 11.4. The third kappa shape index (κ3) is 5.47. The smallest absolute Gasteiger partial charge is 0.234 e. The molecule has 2 unspecified atom stereocenters. The van der Waals surface area contributed by atoms with Crippen LogP contribution in [-0.4, -0.2) is 38.3 Å². The van der Waals surface area contributed by atoms with Crippen LogP contribution >= 0.6 is 0 Å². The van der Waals surface area contributed by atoms with Crippen LogP contribution in [0.3, 0.4) is 0 Å². The second kappa shape index (κ2) is 7.63. The van der Waals surface area contributed by atoms with Crippen molar-refractivity contribution < 1.29 is 9.53 Å². The van der Waals surface area contributed by atoms with Gasteiger partial charge in [0.15, 0.2) is 0 Å². The zero-order valence-electron chi connectivity index (χ0n) is 10.4. The first kappa shape index (κ1) is 13.5. The van der Waals surface area contributed by atoms with Gasteiger partial charge in [0.1, 0.15) is 0 Å². The second-order valence-electron chi connectivity index (χ2n) is 4.57. The van der Waals surface area contributed by atoms with Crippen molar-refractivity contribution in [3.8, 4) is 0 Å². The average molecular weight is 228 g/mol. The van der Waals surface area contributed by atoms with E-state index in [1.807, 2.05) is 6.92 Å². The Morgan fingerprint density at radius 1 is 1.56 bits per heavy atom. The highest BCUT2D eigenvalue weighted by Gasteiger charge is 2.14. The number of amides is 1. The lowest BCUT2D eigenvalue weighted by Gasteiger charge is -2.12. The van der Waals surface area contributed by atoms with E-state index < -0.39 is 0 Å². The zero-order valence-corrected chi connectivity index (χ0v) is 10.4. The molecule has 94 valence electrons. The number of ether oxygens (including phenoxy) is 1. The van der Waals surface area contributed by atoms with Crippen LogP contribution in [0, 0.1) is 5.92 Å². The third-order valence-corrected chi connectivity index (χ3v) is 3.06. The summed E-state index contributed by atoms with van der Waals surface area (Å²) in [7, 11) is 0. The van der Waals surface area contributed by atoms with Crippen molar-refractivity contribution in [1.29, 1.82) is 0 Å². The van der Waals surface area contributed by atoms with Gasteiger partial charge in [-0.25, -0.2) is 0 Å². The first-order chi connectivity index (χ1) is 7.72. The first-order valence-electron chi connectivity index (χ1n) is 6.30. The van der Waals surface area contributed by atoms with Gasteiger partial charge in [-0.05, 0) is 38.6 Å². The van der Waals surface area contributed by atoms with Crippen molar-refractivity contribution in [1.82, 2.24) is 10.6 Å². The molecule has 1 amide bonds. The molecule has 2 atom stereocenters. The van der Waals surface area contributed by atoms with Gasteiger partial charge in [-0.2, -0.15) is 0 Å². The summed E-state index contributed by atoms with van der Waals surface area (Å²) in [6.45, 7) is 7.21. The van der Waals surface area contributed by atoms with Crippen molar-refractivity contribution >= 4 is 5.91 Å². The Bertz CT molecular complexity index is 203. The SMILES string of the molecule is CCC(C)NC(=O)CNCCC1CCOC1. The monoisotopic (exact) mass is 228 g/mol. The molecule has 0 aromatic rings. The first-order valence-corrected chi connectivity index (χ1v) is 6.30. The third-order valence-electron chi connectivity index (χ3n) is 3.06. The van der Waals surface area contributed by atoms with Gasteiger partial charge in [0, 0.05) is 19.3 Å². The molecule has 0 aliphatic carbocycles. The molecule has 1 saturated heterocycles. The van der Waals surface area contributed by atoms with Gasteiger partial charge in [0.05, 0.1) is 6.54 Å². The van der Waals surface area contributed by atoms with Gasteiger partial charge in [0.25, 0.3) is 0 Å². The molecule has 0 radical (unpaired) electrons. The zero-order chi connectivity index (χ0) is 11.8. The molecular formula is C12H24N2O2. The maximum atomic E-state index is 11.4. The number of rotatable bonds is 7. The fraction of sp³-hybridized carbons (Fsp3) is 0.917. The van der Waals surface area contributed by atoms with Crippen LogP contribution in [0.4, 0.5) is 0 Å². The van der Waals surface area contributed by atoms with Crippen molar-refractivity contribution in [2.75, 3.05) is 26.3 Å². The molecule has 1 aliphatic heterocycles. The highest BCUT2D eigenvalue weighted by molar-refractivity contribution is 5.78. The normalized spacial score (nSPS) is 22.0. The van der Waals surface area contributed by atoms with E-state index in [0.29, 0.717) is 12.5 Å². The number of hydrogen-bond acceptors (Lipinski definition) is 3. The molecule has 1 fully saturated rings. The number of hydrogen-bond donors (Lipinski definition) is 2. The van der Waals surface area contributed by atoms with E-state index in [1.54, 1.807) is 0 Å². The summed E-state index contributed by atoms with van der Waals surface area (Å²) in [5.74, 6) is 0.780. The molecule has 0 spiro atoms. The van der Waals surface area contributed by atoms with Crippen LogP contribution in [0.2, 0.25) is 0 Å². The van der Waals surface area contributed by atoms with Crippen LogP contribution in [0.15, 0.2) is 0 Å². The highest BCUT2D eigenvalue weighted by atomic mass is 16.5. The van der Waals surface area contributed by atoms with Gasteiger partial charge in [-0.15, -0.1) is 0 Å². The van der Waals surface area contributed by atoms with Crippen molar-refractivity contribution in [3.63, 3.8) is 0 Å². The predicted octanol–water partition coefficient (Wildman–Crippen LogP) is 0.917. The lowest BCUT2D eigenvalue weighted by Crippen LogP contribution is -2.39. The van der Waals surface area contributed by atoms with Crippen LogP contribution in [0.25, 0.3) is 0 Å².